The zero-order valence-corrected chi connectivity index (χ0v) is 21.0. The lowest BCUT2D eigenvalue weighted by atomic mass is 9.86. The fourth-order valence-electron chi connectivity index (χ4n) is 2.97. The molecule has 0 saturated carbocycles. The molecule has 0 aromatic heterocycles. The highest BCUT2D eigenvalue weighted by atomic mass is 79.9. The highest BCUT2D eigenvalue weighted by Gasteiger charge is 2.23. The number of benzene rings is 2. The molecule has 0 heterocycles. The maximum absolute atomic E-state index is 12.8. The van der Waals surface area contributed by atoms with Gasteiger partial charge in [-0.2, -0.15) is 4.31 Å². The van der Waals surface area contributed by atoms with Crippen LogP contribution in [-0.4, -0.2) is 38.3 Å². The molecule has 1 N–H and O–H groups in total. The third-order valence-corrected chi connectivity index (χ3v) is 6.89. The largest absolute Gasteiger partial charge is 0.483 e. The number of sulfonamides is 1. The van der Waals surface area contributed by atoms with Gasteiger partial charge in [-0.25, -0.2) is 8.42 Å². The number of hydrogen-bond donors (Lipinski definition) is 1. The number of carbonyl (C=O) groups excluding carboxylic acids is 1. The molecule has 2 aromatic carbocycles. The van der Waals surface area contributed by atoms with E-state index in [0.717, 1.165) is 10.0 Å². The Kier molecular flexibility index (Phi) is 8.83. The molecule has 0 aliphatic carbocycles. The summed E-state index contributed by atoms with van der Waals surface area (Å²) in [5.41, 5.74) is 1.31. The van der Waals surface area contributed by atoms with Gasteiger partial charge in [-0.05, 0) is 47.9 Å². The molecule has 172 valence electrons. The molecule has 0 unspecified atom stereocenters. The summed E-state index contributed by atoms with van der Waals surface area (Å²) < 4.78 is 33.5. The van der Waals surface area contributed by atoms with Crippen molar-refractivity contribution in [1.82, 2.24) is 4.31 Å². The number of nitrogens with one attached hydrogen (secondary N) is 1. The molecule has 0 bridgehead atoms. The van der Waals surface area contributed by atoms with Gasteiger partial charge >= 0.3 is 0 Å². The van der Waals surface area contributed by atoms with Gasteiger partial charge in [-0.1, -0.05) is 48.9 Å². The van der Waals surface area contributed by atoms with Gasteiger partial charge in [0, 0.05) is 28.8 Å². The van der Waals surface area contributed by atoms with E-state index in [1.54, 1.807) is 12.1 Å². The van der Waals surface area contributed by atoms with E-state index in [1.807, 2.05) is 18.2 Å². The normalized spacial score (nSPS) is 11.8. The van der Waals surface area contributed by atoms with Crippen LogP contribution in [0.4, 0.5) is 5.69 Å². The second kappa shape index (κ2) is 10.9. The minimum Gasteiger partial charge on any atom is -0.483 e. The Morgan fingerprint density at radius 2 is 1.69 bits per heavy atom. The molecule has 1 amide bonds. The molecule has 0 atom stereocenters. The molecule has 6 nitrogen and oxygen atoms in total. The van der Waals surface area contributed by atoms with E-state index in [9.17, 15) is 13.2 Å². The number of nitrogens with zero attached hydrogens (tertiary/aromatic N) is 1. The van der Waals surface area contributed by atoms with E-state index in [2.05, 4.69) is 55.2 Å². The topological polar surface area (TPSA) is 75.7 Å². The second-order valence-corrected chi connectivity index (χ2v) is 11.0. The van der Waals surface area contributed by atoms with Crippen LogP contribution in [0.2, 0.25) is 0 Å². The summed E-state index contributed by atoms with van der Waals surface area (Å²) in [7, 11) is -3.69. The van der Waals surface area contributed by atoms with Gasteiger partial charge in [0.1, 0.15) is 5.75 Å². The Hall–Kier alpha value is -2.42. The van der Waals surface area contributed by atoms with Gasteiger partial charge in [-0.3, -0.25) is 4.79 Å². The molecule has 0 spiro atoms. The number of halogens is 1. The van der Waals surface area contributed by atoms with Crippen molar-refractivity contribution in [3.05, 3.63) is 77.8 Å². The predicted molar refractivity (Wildman–Crippen MR) is 133 cm³/mol. The molecule has 2 aromatic rings. The molecule has 0 saturated heterocycles. The summed E-state index contributed by atoms with van der Waals surface area (Å²) >= 11 is 3.47. The zero-order valence-electron chi connectivity index (χ0n) is 18.6. The van der Waals surface area contributed by atoms with E-state index in [-0.39, 0.29) is 35.9 Å². The predicted octanol–water partition coefficient (Wildman–Crippen LogP) is 5.13. The van der Waals surface area contributed by atoms with E-state index in [4.69, 9.17) is 4.74 Å². The molecule has 0 aliphatic rings. The summed E-state index contributed by atoms with van der Waals surface area (Å²) in [6, 6.07) is 11.7. The lowest BCUT2D eigenvalue weighted by molar-refractivity contribution is -0.118. The average Bonchev–Trinajstić information content (AvgIpc) is 2.72. The number of carbonyl (C=O) groups is 1. The van der Waals surface area contributed by atoms with Crippen LogP contribution in [0.5, 0.6) is 5.75 Å². The van der Waals surface area contributed by atoms with Crippen molar-refractivity contribution < 1.29 is 17.9 Å². The molecule has 0 aliphatic heterocycles. The van der Waals surface area contributed by atoms with E-state index >= 15 is 0 Å². The molecular weight excluding hydrogens is 492 g/mol. The van der Waals surface area contributed by atoms with Gasteiger partial charge in [0.15, 0.2) is 6.61 Å². The fourth-order valence-corrected chi connectivity index (χ4v) is 4.72. The number of rotatable bonds is 10. The van der Waals surface area contributed by atoms with E-state index in [1.165, 1.54) is 28.6 Å². The Morgan fingerprint density at radius 1 is 1.09 bits per heavy atom. The van der Waals surface area contributed by atoms with Crippen LogP contribution in [0.25, 0.3) is 0 Å². The Morgan fingerprint density at radius 3 is 2.22 bits per heavy atom. The Balaban J connectivity index is 2.06. The van der Waals surface area contributed by atoms with Crippen LogP contribution in [0.15, 0.2) is 77.1 Å². The third kappa shape index (κ3) is 6.79. The standard InChI is InChI=1S/C24H29BrN2O4S/c1-6-14-27(15-7-2)32(29,30)20-11-9-19(10-12-20)26-23(28)17-31-22-13-8-18(25)16-21(22)24(3,4)5/h6-13,16H,1-2,14-15,17H2,3-5H3,(H,26,28). The number of ether oxygens (including phenoxy) is 1. The maximum atomic E-state index is 12.8. The average molecular weight is 521 g/mol. The van der Waals surface area contributed by atoms with Crippen molar-refractivity contribution in [3.8, 4) is 5.75 Å². The molecule has 2 rings (SSSR count). The highest BCUT2D eigenvalue weighted by Crippen LogP contribution is 2.33. The zero-order chi connectivity index (χ0) is 23.9. The van der Waals surface area contributed by atoms with Gasteiger partial charge in [-0.15, -0.1) is 13.2 Å². The number of anilines is 1. The lowest BCUT2D eigenvalue weighted by Crippen LogP contribution is -2.31. The van der Waals surface area contributed by atoms with E-state index in [0.29, 0.717) is 11.4 Å². The minimum atomic E-state index is -3.69. The lowest BCUT2D eigenvalue weighted by Gasteiger charge is -2.23. The van der Waals surface area contributed by atoms with Crippen LogP contribution in [-0.2, 0) is 20.2 Å². The van der Waals surface area contributed by atoms with Crippen LogP contribution >= 0.6 is 15.9 Å². The summed E-state index contributed by atoms with van der Waals surface area (Å²) in [6.07, 6.45) is 3.04. The van der Waals surface area contributed by atoms with Crippen molar-refractivity contribution in [2.75, 3.05) is 25.0 Å². The first-order valence-electron chi connectivity index (χ1n) is 10.0. The summed E-state index contributed by atoms with van der Waals surface area (Å²) in [5, 5.41) is 2.73. The first kappa shape index (κ1) is 25.8. The SMILES string of the molecule is C=CCN(CC=C)S(=O)(=O)c1ccc(NC(=O)COc2ccc(Br)cc2C(C)(C)C)cc1. The molecule has 32 heavy (non-hydrogen) atoms. The van der Waals surface area contributed by atoms with Crippen molar-refractivity contribution in [1.29, 1.82) is 0 Å². The van der Waals surface area contributed by atoms with Gasteiger partial charge in [0.2, 0.25) is 10.0 Å². The second-order valence-electron chi connectivity index (χ2n) is 8.15. The molecule has 0 radical (unpaired) electrons. The van der Waals surface area contributed by atoms with Crippen LogP contribution in [0, 0.1) is 0 Å². The number of amides is 1. The highest BCUT2D eigenvalue weighted by molar-refractivity contribution is 9.10. The van der Waals surface area contributed by atoms with Crippen molar-refractivity contribution >= 4 is 37.5 Å². The van der Waals surface area contributed by atoms with Gasteiger partial charge in [0.25, 0.3) is 5.91 Å². The first-order chi connectivity index (χ1) is 15.0. The molecule has 0 fully saturated rings. The van der Waals surface area contributed by atoms with Crippen LogP contribution < -0.4 is 10.1 Å². The molecular formula is C24H29BrN2O4S. The smallest absolute Gasteiger partial charge is 0.262 e. The Labute approximate surface area is 199 Å². The van der Waals surface area contributed by atoms with Crippen molar-refractivity contribution in [3.63, 3.8) is 0 Å². The first-order valence-corrected chi connectivity index (χ1v) is 12.3. The number of hydrogen-bond acceptors (Lipinski definition) is 4. The summed E-state index contributed by atoms with van der Waals surface area (Å²) in [4.78, 5) is 12.5. The summed E-state index contributed by atoms with van der Waals surface area (Å²) in [5.74, 6) is 0.296. The van der Waals surface area contributed by atoms with Gasteiger partial charge in [0.05, 0.1) is 4.90 Å². The fraction of sp³-hybridized carbons (Fsp3) is 0.292. The Bertz CT molecular complexity index is 1060. The molecule has 8 heteroatoms. The maximum Gasteiger partial charge on any atom is 0.262 e. The van der Waals surface area contributed by atoms with Crippen molar-refractivity contribution in [2.24, 2.45) is 0 Å². The van der Waals surface area contributed by atoms with Crippen LogP contribution in [0.3, 0.4) is 0 Å². The van der Waals surface area contributed by atoms with Crippen LogP contribution in [0.1, 0.15) is 26.3 Å². The monoisotopic (exact) mass is 520 g/mol. The quantitative estimate of drug-likeness (QED) is 0.440. The van der Waals surface area contributed by atoms with Crippen molar-refractivity contribution in [2.45, 2.75) is 31.1 Å². The van der Waals surface area contributed by atoms with E-state index < -0.39 is 10.0 Å². The third-order valence-electron chi connectivity index (χ3n) is 4.55. The summed E-state index contributed by atoms with van der Waals surface area (Å²) in [6.45, 7) is 13.6. The van der Waals surface area contributed by atoms with Gasteiger partial charge < -0.3 is 10.1 Å². The minimum absolute atomic E-state index is 0.125.